The number of hydrogen-bond donors (Lipinski definition) is 1. The molecular weight excluding hydrogens is 286 g/mol. The van der Waals surface area contributed by atoms with Gasteiger partial charge in [0.25, 0.3) is 0 Å². The number of sulfonamides is 1. The van der Waals surface area contributed by atoms with Gasteiger partial charge in [0, 0.05) is 19.6 Å². The highest BCUT2D eigenvalue weighted by molar-refractivity contribution is 7.89. The van der Waals surface area contributed by atoms with Crippen LogP contribution in [0.5, 0.6) is 0 Å². The predicted molar refractivity (Wildman–Crippen MR) is 86.8 cm³/mol. The van der Waals surface area contributed by atoms with Gasteiger partial charge in [0.2, 0.25) is 10.0 Å². The lowest BCUT2D eigenvalue weighted by Gasteiger charge is -2.23. The molecule has 1 aromatic rings. The number of rotatable bonds is 9. The largest absolute Gasteiger partial charge is 0.330 e. The van der Waals surface area contributed by atoms with Crippen molar-refractivity contribution in [3.8, 4) is 0 Å². The molecule has 21 heavy (non-hydrogen) atoms. The van der Waals surface area contributed by atoms with Gasteiger partial charge in [-0.25, -0.2) is 8.42 Å². The van der Waals surface area contributed by atoms with E-state index in [1.54, 1.807) is 16.4 Å². The van der Waals surface area contributed by atoms with Crippen molar-refractivity contribution in [1.82, 2.24) is 9.21 Å². The minimum Gasteiger partial charge on any atom is -0.330 e. The Balaban J connectivity index is 2.93. The second-order valence-electron chi connectivity index (χ2n) is 5.39. The SMILES string of the molecule is CCCN(CCN(C)C)S(=O)(=O)c1ccc(CCN)cc1. The lowest BCUT2D eigenvalue weighted by molar-refractivity contribution is 0.333. The van der Waals surface area contributed by atoms with Crippen LogP contribution < -0.4 is 5.73 Å². The molecule has 0 saturated carbocycles. The number of benzene rings is 1. The van der Waals surface area contributed by atoms with Crippen molar-refractivity contribution >= 4 is 10.0 Å². The molecule has 1 rings (SSSR count). The third-order valence-electron chi connectivity index (χ3n) is 3.26. The van der Waals surface area contributed by atoms with Crippen molar-refractivity contribution < 1.29 is 8.42 Å². The van der Waals surface area contributed by atoms with Crippen LogP contribution in [0.15, 0.2) is 29.2 Å². The third-order valence-corrected chi connectivity index (χ3v) is 5.18. The monoisotopic (exact) mass is 313 g/mol. The molecule has 0 aliphatic heterocycles. The van der Waals surface area contributed by atoms with E-state index in [0.29, 0.717) is 31.1 Å². The fourth-order valence-electron chi connectivity index (χ4n) is 2.06. The molecule has 0 aromatic heterocycles. The Morgan fingerprint density at radius 2 is 1.67 bits per heavy atom. The lowest BCUT2D eigenvalue weighted by Crippen LogP contribution is -2.37. The van der Waals surface area contributed by atoms with E-state index in [0.717, 1.165) is 18.4 Å². The molecule has 1 aromatic carbocycles. The maximum Gasteiger partial charge on any atom is 0.243 e. The topological polar surface area (TPSA) is 66.6 Å². The first-order valence-corrected chi connectivity index (χ1v) is 8.79. The second-order valence-corrected chi connectivity index (χ2v) is 7.33. The maximum atomic E-state index is 12.7. The summed E-state index contributed by atoms with van der Waals surface area (Å²) in [5.41, 5.74) is 6.57. The van der Waals surface area contributed by atoms with E-state index < -0.39 is 10.0 Å². The van der Waals surface area contributed by atoms with E-state index in [-0.39, 0.29) is 0 Å². The molecular formula is C15H27N3O2S. The highest BCUT2D eigenvalue weighted by atomic mass is 32.2. The molecule has 0 unspecified atom stereocenters. The van der Waals surface area contributed by atoms with Crippen LogP contribution in [0.2, 0.25) is 0 Å². The van der Waals surface area contributed by atoms with E-state index in [2.05, 4.69) is 0 Å². The molecule has 0 radical (unpaired) electrons. The predicted octanol–water partition coefficient (Wildman–Crippen LogP) is 1.15. The second kappa shape index (κ2) is 8.48. The standard InChI is InChI=1S/C15H27N3O2S/c1-4-11-18(13-12-17(2)3)21(19,20)15-7-5-14(6-8-15)9-10-16/h5-8H,4,9-13,16H2,1-3H3. The molecule has 0 heterocycles. The van der Waals surface area contributed by atoms with E-state index in [1.165, 1.54) is 0 Å². The molecule has 0 aliphatic rings. The van der Waals surface area contributed by atoms with Crippen LogP contribution in [0.4, 0.5) is 0 Å². The average Bonchev–Trinajstić information content (AvgIpc) is 2.44. The molecule has 0 bridgehead atoms. The van der Waals surface area contributed by atoms with Gasteiger partial charge in [-0.3, -0.25) is 0 Å². The summed E-state index contributed by atoms with van der Waals surface area (Å²) in [5.74, 6) is 0. The lowest BCUT2D eigenvalue weighted by atomic mass is 10.2. The highest BCUT2D eigenvalue weighted by Crippen LogP contribution is 2.17. The summed E-state index contributed by atoms with van der Waals surface area (Å²) >= 11 is 0. The molecule has 2 N–H and O–H groups in total. The average molecular weight is 313 g/mol. The Morgan fingerprint density at radius 1 is 1.05 bits per heavy atom. The molecule has 0 atom stereocenters. The number of nitrogens with zero attached hydrogens (tertiary/aromatic N) is 2. The van der Waals surface area contributed by atoms with E-state index in [9.17, 15) is 8.42 Å². The van der Waals surface area contributed by atoms with Gasteiger partial charge >= 0.3 is 0 Å². The highest BCUT2D eigenvalue weighted by Gasteiger charge is 2.23. The van der Waals surface area contributed by atoms with Crippen LogP contribution in [-0.2, 0) is 16.4 Å². The summed E-state index contributed by atoms with van der Waals surface area (Å²) in [6, 6.07) is 7.04. The Labute approximate surface area is 128 Å². The summed E-state index contributed by atoms with van der Waals surface area (Å²) in [7, 11) is 0.470. The van der Waals surface area contributed by atoms with Gasteiger partial charge in [0.15, 0.2) is 0 Å². The van der Waals surface area contributed by atoms with Crippen molar-refractivity contribution in [2.45, 2.75) is 24.7 Å². The molecule has 120 valence electrons. The van der Waals surface area contributed by atoms with Gasteiger partial charge in [0.1, 0.15) is 0 Å². The normalized spacial score (nSPS) is 12.3. The Bertz CT molecular complexity index is 512. The molecule has 0 spiro atoms. The first kappa shape index (κ1) is 18.1. The zero-order valence-corrected chi connectivity index (χ0v) is 14.1. The van der Waals surface area contributed by atoms with Gasteiger partial charge < -0.3 is 10.6 Å². The molecule has 0 fully saturated rings. The smallest absolute Gasteiger partial charge is 0.243 e. The fourth-order valence-corrected chi connectivity index (χ4v) is 3.58. The minimum absolute atomic E-state index is 0.357. The fraction of sp³-hybridized carbons (Fsp3) is 0.600. The Morgan fingerprint density at radius 3 is 2.14 bits per heavy atom. The first-order valence-electron chi connectivity index (χ1n) is 7.35. The molecule has 0 amide bonds. The third kappa shape index (κ3) is 5.39. The van der Waals surface area contributed by atoms with Gasteiger partial charge in [-0.05, 0) is 51.2 Å². The summed E-state index contributed by atoms with van der Waals surface area (Å²) in [6.07, 6.45) is 1.57. The van der Waals surface area contributed by atoms with Crippen LogP contribution in [0.3, 0.4) is 0 Å². The van der Waals surface area contributed by atoms with E-state index >= 15 is 0 Å². The van der Waals surface area contributed by atoms with Gasteiger partial charge in [-0.15, -0.1) is 0 Å². The maximum absolute atomic E-state index is 12.7. The van der Waals surface area contributed by atoms with Crippen LogP contribution in [-0.4, -0.2) is 57.9 Å². The van der Waals surface area contributed by atoms with Crippen molar-refractivity contribution in [3.63, 3.8) is 0 Å². The zero-order chi connectivity index (χ0) is 15.9. The van der Waals surface area contributed by atoms with Gasteiger partial charge in [-0.2, -0.15) is 4.31 Å². The minimum atomic E-state index is -3.42. The quantitative estimate of drug-likeness (QED) is 0.743. The summed E-state index contributed by atoms with van der Waals surface area (Å²) < 4.78 is 26.9. The molecule has 5 nitrogen and oxygen atoms in total. The molecule has 0 saturated heterocycles. The van der Waals surface area contributed by atoms with Gasteiger partial charge in [0.05, 0.1) is 4.90 Å². The summed E-state index contributed by atoms with van der Waals surface area (Å²) in [6.45, 7) is 4.32. The summed E-state index contributed by atoms with van der Waals surface area (Å²) in [5, 5.41) is 0. The number of nitrogens with two attached hydrogens (primary N) is 1. The summed E-state index contributed by atoms with van der Waals surface area (Å²) in [4.78, 5) is 2.35. The van der Waals surface area contributed by atoms with Crippen LogP contribution in [0.1, 0.15) is 18.9 Å². The van der Waals surface area contributed by atoms with Crippen molar-refractivity contribution in [1.29, 1.82) is 0 Å². The zero-order valence-electron chi connectivity index (χ0n) is 13.2. The number of hydrogen-bond acceptors (Lipinski definition) is 4. The number of likely N-dealkylation sites (N-methyl/N-ethyl adjacent to an activating group) is 1. The Hall–Kier alpha value is -0.950. The van der Waals surface area contributed by atoms with Crippen LogP contribution in [0, 0.1) is 0 Å². The molecule has 6 heteroatoms. The van der Waals surface area contributed by atoms with Crippen molar-refractivity contribution in [2.24, 2.45) is 5.73 Å². The van der Waals surface area contributed by atoms with Gasteiger partial charge in [-0.1, -0.05) is 19.1 Å². The van der Waals surface area contributed by atoms with Crippen LogP contribution in [0.25, 0.3) is 0 Å². The van der Waals surface area contributed by atoms with Crippen molar-refractivity contribution in [2.75, 3.05) is 40.3 Å². The van der Waals surface area contributed by atoms with Crippen molar-refractivity contribution in [3.05, 3.63) is 29.8 Å². The van der Waals surface area contributed by atoms with Crippen LogP contribution >= 0.6 is 0 Å². The van der Waals surface area contributed by atoms with E-state index in [4.69, 9.17) is 5.73 Å². The van der Waals surface area contributed by atoms with E-state index in [1.807, 2.05) is 38.1 Å². The Kier molecular flexibility index (Phi) is 7.31. The molecule has 0 aliphatic carbocycles. The first-order chi connectivity index (χ1) is 9.91.